The van der Waals surface area contributed by atoms with E-state index < -0.39 is 6.10 Å². The van der Waals surface area contributed by atoms with Gasteiger partial charge in [0.05, 0.1) is 6.61 Å². The molecule has 112 valence electrons. The number of hydrogen-bond donors (Lipinski definition) is 1. The van der Waals surface area contributed by atoms with Gasteiger partial charge in [-0.25, -0.2) is 4.79 Å². The van der Waals surface area contributed by atoms with E-state index in [-0.39, 0.29) is 5.97 Å². The van der Waals surface area contributed by atoms with Gasteiger partial charge in [0.2, 0.25) is 0 Å². The van der Waals surface area contributed by atoms with Crippen LogP contribution in [0.2, 0.25) is 0 Å². The van der Waals surface area contributed by atoms with Crippen molar-refractivity contribution in [2.45, 2.75) is 46.3 Å². The average molecular weight is 344 g/mol. The summed E-state index contributed by atoms with van der Waals surface area (Å²) >= 11 is 3.44. The molecule has 4 nitrogen and oxygen atoms in total. The molecule has 0 radical (unpaired) electrons. The zero-order chi connectivity index (χ0) is 15.1. The molecule has 0 aromatic heterocycles. The van der Waals surface area contributed by atoms with Gasteiger partial charge in [-0.3, -0.25) is 0 Å². The fourth-order valence-corrected chi connectivity index (χ4v) is 2.60. The van der Waals surface area contributed by atoms with Gasteiger partial charge in [0, 0.05) is 16.6 Å². The molecule has 0 spiro atoms. The predicted molar refractivity (Wildman–Crippen MR) is 82.7 cm³/mol. The predicted octanol–water partition coefficient (Wildman–Crippen LogP) is 3.33. The van der Waals surface area contributed by atoms with Crippen molar-refractivity contribution in [3.05, 3.63) is 27.7 Å². The lowest BCUT2D eigenvalue weighted by atomic mass is 10.1. The number of nitrogens with two attached hydrogens (primary N) is 1. The summed E-state index contributed by atoms with van der Waals surface area (Å²) in [5.41, 5.74) is 7.58. The first-order valence-corrected chi connectivity index (χ1v) is 7.65. The van der Waals surface area contributed by atoms with Crippen LogP contribution in [0.1, 0.15) is 37.8 Å². The Morgan fingerprint density at radius 3 is 2.65 bits per heavy atom. The lowest BCUT2D eigenvalue weighted by Crippen LogP contribution is -2.30. The van der Waals surface area contributed by atoms with Crippen LogP contribution in [0.4, 0.5) is 0 Å². The van der Waals surface area contributed by atoms with E-state index >= 15 is 0 Å². The number of esters is 1. The molecule has 1 unspecified atom stereocenters. The molecule has 20 heavy (non-hydrogen) atoms. The fourth-order valence-electron chi connectivity index (χ4n) is 1.98. The number of halogens is 1. The number of benzene rings is 1. The summed E-state index contributed by atoms with van der Waals surface area (Å²) in [7, 11) is 0. The third-order valence-electron chi connectivity index (χ3n) is 2.90. The molecule has 0 saturated carbocycles. The van der Waals surface area contributed by atoms with Crippen LogP contribution >= 0.6 is 15.9 Å². The fraction of sp³-hybridized carbons (Fsp3) is 0.533. The van der Waals surface area contributed by atoms with Gasteiger partial charge >= 0.3 is 5.97 Å². The minimum absolute atomic E-state index is 0.320. The number of carbonyl (C=O) groups excluding carboxylic acids is 1. The van der Waals surface area contributed by atoms with Crippen molar-refractivity contribution in [3.8, 4) is 5.75 Å². The van der Waals surface area contributed by atoms with Crippen LogP contribution in [0.5, 0.6) is 5.75 Å². The molecule has 1 aromatic rings. The molecule has 2 N–H and O–H groups in total. The summed E-state index contributed by atoms with van der Waals surface area (Å²) in [5, 5.41) is 0. The first-order chi connectivity index (χ1) is 9.53. The lowest BCUT2D eigenvalue weighted by molar-refractivity contribution is -0.151. The molecule has 0 amide bonds. The van der Waals surface area contributed by atoms with Gasteiger partial charge in [0.15, 0.2) is 6.10 Å². The standard InChI is InChI=1S/C15H22BrNO3/c1-4-6-13(15(18)19-5-2)20-14-10(3)7-12(16)8-11(14)9-17/h7-8,13H,4-6,9,17H2,1-3H3. The smallest absolute Gasteiger partial charge is 0.347 e. The van der Waals surface area contributed by atoms with Crippen molar-refractivity contribution in [1.29, 1.82) is 0 Å². The van der Waals surface area contributed by atoms with E-state index in [1.54, 1.807) is 6.92 Å². The molecular formula is C15H22BrNO3. The highest BCUT2D eigenvalue weighted by Crippen LogP contribution is 2.29. The van der Waals surface area contributed by atoms with Crippen LogP contribution in [0, 0.1) is 6.92 Å². The maximum atomic E-state index is 11.9. The second-order valence-electron chi connectivity index (χ2n) is 4.56. The van der Waals surface area contributed by atoms with Crippen LogP contribution < -0.4 is 10.5 Å². The normalized spacial score (nSPS) is 12.1. The van der Waals surface area contributed by atoms with Crippen molar-refractivity contribution >= 4 is 21.9 Å². The third kappa shape index (κ3) is 4.49. The number of aryl methyl sites for hydroxylation is 1. The Balaban J connectivity index is 3.01. The average Bonchev–Trinajstić information content (AvgIpc) is 2.40. The third-order valence-corrected chi connectivity index (χ3v) is 3.35. The maximum Gasteiger partial charge on any atom is 0.347 e. The van der Waals surface area contributed by atoms with E-state index in [2.05, 4.69) is 15.9 Å². The van der Waals surface area contributed by atoms with E-state index in [0.717, 1.165) is 22.0 Å². The molecule has 0 saturated heterocycles. The highest BCUT2D eigenvalue weighted by Gasteiger charge is 2.23. The first kappa shape index (κ1) is 17.0. The Morgan fingerprint density at radius 2 is 2.10 bits per heavy atom. The summed E-state index contributed by atoms with van der Waals surface area (Å²) in [5.74, 6) is 0.363. The van der Waals surface area contributed by atoms with Crippen LogP contribution in [0.3, 0.4) is 0 Å². The number of carbonyl (C=O) groups is 1. The zero-order valence-corrected chi connectivity index (χ0v) is 13.8. The summed E-state index contributed by atoms with van der Waals surface area (Å²) < 4.78 is 11.9. The highest BCUT2D eigenvalue weighted by atomic mass is 79.9. The Kier molecular flexibility index (Phi) is 7.02. The minimum Gasteiger partial charge on any atom is -0.478 e. The molecule has 0 bridgehead atoms. The molecule has 0 fully saturated rings. The Morgan fingerprint density at radius 1 is 1.40 bits per heavy atom. The SMILES string of the molecule is CCCC(Oc1c(C)cc(Br)cc1CN)C(=O)OCC. The van der Waals surface area contributed by atoms with Gasteiger partial charge in [0.25, 0.3) is 0 Å². The number of ether oxygens (including phenoxy) is 2. The molecule has 1 aromatic carbocycles. The highest BCUT2D eigenvalue weighted by molar-refractivity contribution is 9.10. The van der Waals surface area contributed by atoms with Crippen molar-refractivity contribution in [1.82, 2.24) is 0 Å². The van der Waals surface area contributed by atoms with Crippen molar-refractivity contribution < 1.29 is 14.3 Å². The van der Waals surface area contributed by atoms with Crippen molar-refractivity contribution in [2.24, 2.45) is 5.73 Å². The molecule has 1 atom stereocenters. The number of rotatable bonds is 7. The Bertz CT molecular complexity index is 463. The maximum absolute atomic E-state index is 11.9. The second kappa shape index (κ2) is 8.27. The van der Waals surface area contributed by atoms with Gasteiger partial charge in [-0.1, -0.05) is 29.3 Å². The lowest BCUT2D eigenvalue weighted by Gasteiger charge is -2.20. The van der Waals surface area contributed by atoms with Crippen LogP contribution in [0.25, 0.3) is 0 Å². The van der Waals surface area contributed by atoms with Crippen LogP contribution in [0.15, 0.2) is 16.6 Å². The molecule has 0 aliphatic rings. The Labute approximate surface area is 128 Å². The minimum atomic E-state index is -0.579. The zero-order valence-electron chi connectivity index (χ0n) is 12.2. The van der Waals surface area contributed by atoms with E-state index in [0.29, 0.717) is 25.3 Å². The molecule has 5 heteroatoms. The number of hydrogen-bond acceptors (Lipinski definition) is 4. The van der Waals surface area contributed by atoms with Gasteiger partial charge < -0.3 is 15.2 Å². The van der Waals surface area contributed by atoms with Crippen molar-refractivity contribution in [2.75, 3.05) is 6.61 Å². The van der Waals surface area contributed by atoms with Crippen LogP contribution in [-0.2, 0) is 16.1 Å². The molecule has 0 aliphatic carbocycles. The Hall–Kier alpha value is -1.07. The summed E-state index contributed by atoms with van der Waals surface area (Å²) in [6.45, 7) is 6.45. The summed E-state index contributed by atoms with van der Waals surface area (Å²) in [6, 6.07) is 3.86. The second-order valence-corrected chi connectivity index (χ2v) is 5.48. The summed E-state index contributed by atoms with van der Waals surface area (Å²) in [6.07, 6.45) is 0.889. The largest absolute Gasteiger partial charge is 0.478 e. The summed E-state index contributed by atoms with van der Waals surface area (Å²) in [4.78, 5) is 11.9. The van der Waals surface area contributed by atoms with E-state index in [1.165, 1.54) is 0 Å². The van der Waals surface area contributed by atoms with E-state index in [1.807, 2.05) is 26.0 Å². The molecule has 0 heterocycles. The van der Waals surface area contributed by atoms with Gasteiger partial charge in [-0.05, 0) is 38.0 Å². The van der Waals surface area contributed by atoms with Crippen LogP contribution in [-0.4, -0.2) is 18.7 Å². The van der Waals surface area contributed by atoms with Gasteiger partial charge in [0.1, 0.15) is 5.75 Å². The van der Waals surface area contributed by atoms with Gasteiger partial charge in [-0.15, -0.1) is 0 Å². The van der Waals surface area contributed by atoms with E-state index in [9.17, 15) is 4.79 Å². The van der Waals surface area contributed by atoms with Gasteiger partial charge in [-0.2, -0.15) is 0 Å². The monoisotopic (exact) mass is 343 g/mol. The van der Waals surface area contributed by atoms with E-state index in [4.69, 9.17) is 15.2 Å². The topological polar surface area (TPSA) is 61.5 Å². The van der Waals surface area contributed by atoms with Crippen molar-refractivity contribution in [3.63, 3.8) is 0 Å². The molecular weight excluding hydrogens is 322 g/mol. The quantitative estimate of drug-likeness (QED) is 0.771. The molecule has 1 rings (SSSR count). The first-order valence-electron chi connectivity index (χ1n) is 6.85. The molecule has 0 aliphatic heterocycles.